The third-order valence-corrected chi connectivity index (χ3v) is 3.63. The third kappa shape index (κ3) is 2.87. The van der Waals surface area contributed by atoms with E-state index in [0.29, 0.717) is 0 Å². The Balaban J connectivity index is 2.20. The van der Waals surface area contributed by atoms with Gasteiger partial charge in [0, 0.05) is 17.5 Å². The van der Waals surface area contributed by atoms with Gasteiger partial charge in [0.1, 0.15) is 10.0 Å². The van der Waals surface area contributed by atoms with Gasteiger partial charge in [-0.2, -0.15) is 0 Å². The van der Waals surface area contributed by atoms with E-state index in [1.165, 1.54) is 0 Å². The minimum atomic E-state index is 0.254. The van der Waals surface area contributed by atoms with Gasteiger partial charge in [-0.25, -0.2) is 0 Å². The predicted molar refractivity (Wildman–Crippen MR) is 70.0 cm³/mol. The van der Waals surface area contributed by atoms with E-state index in [0.717, 1.165) is 27.8 Å². The van der Waals surface area contributed by atoms with Gasteiger partial charge in [-0.05, 0) is 32.5 Å². The van der Waals surface area contributed by atoms with Crippen molar-refractivity contribution in [3.05, 3.63) is 29.0 Å². The molecule has 0 bridgehead atoms. The third-order valence-electron chi connectivity index (χ3n) is 2.48. The van der Waals surface area contributed by atoms with Crippen LogP contribution in [0.2, 0.25) is 0 Å². The van der Waals surface area contributed by atoms with E-state index >= 15 is 0 Å². The van der Waals surface area contributed by atoms with Crippen LogP contribution in [-0.4, -0.2) is 21.7 Å². The van der Waals surface area contributed by atoms with Crippen LogP contribution in [0.3, 0.4) is 0 Å². The molecule has 0 amide bonds. The van der Waals surface area contributed by atoms with E-state index in [9.17, 15) is 0 Å². The summed E-state index contributed by atoms with van der Waals surface area (Å²) in [5.41, 5.74) is 2.04. The van der Waals surface area contributed by atoms with Crippen molar-refractivity contribution in [2.75, 3.05) is 6.54 Å². The number of aromatic nitrogens is 3. The fraction of sp³-hybridized carbons (Fsp3) is 0.417. The van der Waals surface area contributed by atoms with Gasteiger partial charge in [0.25, 0.3) is 0 Å². The molecule has 1 unspecified atom stereocenters. The lowest BCUT2D eigenvalue weighted by Crippen LogP contribution is -2.17. The van der Waals surface area contributed by atoms with Gasteiger partial charge in [0.05, 0.1) is 6.04 Å². The van der Waals surface area contributed by atoms with Crippen LogP contribution in [0.25, 0.3) is 10.6 Å². The number of aryl methyl sites for hydroxylation is 1. The van der Waals surface area contributed by atoms with Crippen LogP contribution < -0.4 is 5.32 Å². The average Bonchev–Trinajstić information content (AvgIpc) is 2.80. The largest absolute Gasteiger partial charge is 0.308 e. The molecule has 2 aromatic rings. The first-order valence-corrected chi connectivity index (χ1v) is 6.52. The van der Waals surface area contributed by atoms with Crippen molar-refractivity contribution in [1.29, 1.82) is 0 Å². The zero-order valence-corrected chi connectivity index (χ0v) is 11.1. The molecule has 1 atom stereocenters. The Hall–Kier alpha value is -1.33. The lowest BCUT2D eigenvalue weighted by molar-refractivity contribution is 0.590. The van der Waals surface area contributed by atoms with Crippen molar-refractivity contribution in [2.45, 2.75) is 26.8 Å². The molecule has 0 aliphatic heterocycles. The summed E-state index contributed by atoms with van der Waals surface area (Å²) in [5, 5.41) is 13.7. The Morgan fingerprint density at radius 2 is 2.18 bits per heavy atom. The van der Waals surface area contributed by atoms with Crippen molar-refractivity contribution >= 4 is 11.3 Å². The normalized spacial score (nSPS) is 12.6. The van der Waals surface area contributed by atoms with Gasteiger partial charge < -0.3 is 5.32 Å². The van der Waals surface area contributed by atoms with Crippen LogP contribution in [-0.2, 0) is 0 Å². The van der Waals surface area contributed by atoms with E-state index in [1.54, 1.807) is 11.3 Å². The van der Waals surface area contributed by atoms with E-state index in [-0.39, 0.29) is 6.04 Å². The molecular weight excluding hydrogens is 232 g/mol. The maximum absolute atomic E-state index is 4.27. The maximum atomic E-state index is 4.27. The van der Waals surface area contributed by atoms with Crippen molar-refractivity contribution in [3.8, 4) is 10.6 Å². The van der Waals surface area contributed by atoms with Crippen LogP contribution in [0.15, 0.2) is 18.3 Å². The van der Waals surface area contributed by atoms with Gasteiger partial charge in [-0.15, -0.1) is 10.2 Å². The highest BCUT2D eigenvalue weighted by molar-refractivity contribution is 7.14. The molecule has 0 radical (unpaired) electrons. The van der Waals surface area contributed by atoms with Crippen molar-refractivity contribution in [2.24, 2.45) is 0 Å². The van der Waals surface area contributed by atoms with Gasteiger partial charge >= 0.3 is 0 Å². The SMILES string of the molecule is CCNC(C)c1nnc(-c2ccc(C)nc2)s1. The molecule has 5 heteroatoms. The Morgan fingerprint density at radius 1 is 1.35 bits per heavy atom. The highest BCUT2D eigenvalue weighted by Crippen LogP contribution is 2.26. The van der Waals surface area contributed by atoms with Crippen molar-refractivity contribution in [3.63, 3.8) is 0 Å². The van der Waals surface area contributed by atoms with E-state index in [1.807, 2.05) is 25.3 Å². The number of hydrogen-bond donors (Lipinski definition) is 1. The zero-order chi connectivity index (χ0) is 12.3. The Kier molecular flexibility index (Phi) is 3.81. The molecule has 0 aliphatic rings. The zero-order valence-electron chi connectivity index (χ0n) is 10.3. The first-order chi connectivity index (χ1) is 8.20. The van der Waals surface area contributed by atoms with Gasteiger partial charge in [-0.1, -0.05) is 18.3 Å². The minimum Gasteiger partial charge on any atom is -0.308 e. The molecule has 0 aliphatic carbocycles. The molecule has 0 spiro atoms. The summed E-state index contributed by atoms with van der Waals surface area (Å²) < 4.78 is 0. The second-order valence-corrected chi connectivity index (χ2v) is 4.92. The van der Waals surface area contributed by atoms with Crippen molar-refractivity contribution < 1.29 is 0 Å². The smallest absolute Gasteiger partial charge is 0.149 e. The van der Waals surface area contributed by atoms with E-state index in [2.05, 4.69) is 34.3 Å². The second kappa shape index (κ2) is 5.33. The van der Waals surface area contributed by atoms with Crippen LogP contribution in [0, 0.1) is 6.92 Å². The van der Waals surface area contributed by atoms with E-state index in [4.69, 9.17) is 0 Å². The maximum Gasteiger partial charge on any atom is 0.149 e. The van der Waals surface area contributed by atoms with Gasteiger partial charge in [0.15, 0.2) is 0 Å². The molecule has 0 aromatic carbocycles. The highest BCUT2D eigenvalue weighted by atomic mass is 32.1. The molecule has 0 saturated carbocycles. The summed E-state index contributed by atoms with van der Waals surface area (Å²) in [6.45, 7) is 7.09. The first-order valence-electron chi connectivity index (χ1n) is 5.70. The first kappa shape index (κ1) is 12.1. The Morgan fingerprint density at radius 3 is 2.82 bits per heavy atom. The molecule has 2 heterocycles. The van der Waals surface area contributed by atoms with E-state index < -0.39 is 0 Å². The summed E-state index contributed by atoms with van der Waals surface area (Å²) in [7, 11) is 0. The fourth-order valence-electron chi connectivity index (χ4n) is 1.51. The summed E-state index contributed by atoms with van der Waals surface area (Å²) in [4.78, 5) is 4.27. The molecule has 90 valence electrons. The standard InChI is InChI=1S/C12H16N4S/c1-4-13-9(3)11-15-16-12(17-11)10-6-5-8(2)14-7-10/h5-7,9,13H,4H2,1-3H3. The summed E-state index contributed by atoms with van der Waals surface area (Å²) in [6.07, 6.45) is 1.84. The molecule has 1 N–H and O–H groups in total. The lowest BCUT2D eigenvalue weighted by atomic mass is 10.3. The topological polar surface area (TPSA) is 50.7 Å². The summed E-state index contributed by atoms with van der Waals surface area (Å²) in [6, 6.07) is 4.28. The Labute approximate surface area is 105 Å². The number of nitrogens with one attached hydrogen (secondary N) is 1. The van der Waals surface area contributed by atoms with Crippen LogP contribution >= 0.6 is 11.3 Å². The molecule has 2 rings (SSSR count). The van der Waals surface area contributed by atoms with Crippen LogP contribution in [0.4, 0.5) is 0 Å². The summed E-state index contributed by atoms with van der Waals surface area (Å²) in [5.74, 6) is 0. The molecule has 2 aromatic heterocycles. The Bertz CT molecular complexity index is 478. The molecule has 17 heavy (non-hydrogen) atoms. The highest BCUT2D eigenvalue weighted by Gasteiger charge is 2.11. The van der Waals surface area contributed by atoms with Gasteiger partial charge in [-0.3, -0.25) is 4.98 Å². The monoisotopic (exact) mass is 248 g/mol. The fourth-order valence-corrected chi connectivity index (χ4v) is 2.37. The van der Waals surface area contributed by atoms with Gasteiger partial charge in [0.2, 0.25) is 0 Å². The number of pyridine rings is 1. The molecule has 0 saturated heterocycles. The molecule has 0 fully saturated rings. The molecular formula is C12H16N4S. The summed E-state index contributed by atoms with van der Waals surface area (Å²) >= 11 is 1.62. The lowest BCUT2D eigenvalue weighted by Gasteiger charge is -2.06. The quantitative estimate of drug-likeness (QED) is 0.903. The second-order valence-electron chi connectivity index (χ2n) is 3.91. The number of nitrogens with zero attached hydrogens (tertiary/aromatic N) is 3. The average molecular weight is 248 g/mol. The van der Waals surface area contributed by atoms with Crippen molar-refractivity contribution in [1.82, 2.24) is 20.5 Å². The molecule has 4 nitrogen and oxygen atoms in total. The van der Waals surface area contributed by atoms with Crippen LogP contribution in [0.1, 0.15) is 30.6 Å². The number of hydrogen-bond acceptors (Lipinski definition) is 5. The number of rotatable bonds is 4. The predicted octanol–water partition coefficient (Wildman–Crippen LogP) is 2.58. The van der Waals surface area contributed by atoms with Crippen LogP contribution in [0.5, 0.6) is 0 Å². The minimum absolute atomic E-state index is 0.254.